The fourth-order valence-electron chi connectivity index (χ4n) is 2.60. The molecule has 1 saturated heterocycles. The molecule has 0 radical (unpaired) electrons. The number of nitrogens with zero attached hydrogens (tertiary/aromatic N) is 4. The van der Waals surface area contributed by atoms with Gasteiger partial charge in [0.2, 0.25) is 5.89 Å². The van der Waals surface area contributed by atoms with Crippen molar-refractivity contribution in [3.05, 3.63) is 44.7 Å². The lowest BCUT2D eigenvalue weighted by Gasteiger charge is -2.34. The molecular formula is C15H15BrClFN4O2. The fraction of sp³-hybridized carbons (Fsp3) is 0.400. The lowest BCUT2D eigenvalue weighted by Crippen LogP contribution is -2.48. The molecule has 0 saturated carbocycles. The Morgan fingerprint density at radius 1 is 1.38 bits per heavy atom. The summed E-state index contributed by atoms with van der Waals surface area (Å²) < 4.78 is 19.3. The number of halogens is 3. The quantitative estimate of drug-likeness (QED) is 0.719. The summed E-state index contributed by atoms with van der Waals surface area (Å²) in [6, 6.07) is 2.79. The SMILES string of the molecule is Cc1nc(CN2CCN(C(=O)c3cc(Cl)cc(Br)c3F)CC2)no1. The molecule has 2 aromatic rings. The average molecular weight is 418 g/mol. The minimum Gasteiger partial charge on any atom is -0.340 e. The number of benzene rings is 1. The van der Waals surface area contributed by atoms with Crippen molar-refractivity contribution in [2.24, 2.45) is 0 Å². The lowest BCUT2D eigenvalue weighted by atomic mass is 10.1. The van der Waals surface area contributed by atoms with E-state index in [0.29, 0.717) is 49.5 Å². The van der Waals surface area contributed by atoms with Gasteiger partial charge in [0, 0.05) is 38.1 Å². The van der Waals surface area contributed by atoms with Gasteiger partial charge in [0.15, 0.2) is 5.82 Å². The first-order valence-corrected chi connectivity index (χ1v) is 8.56. The van der Waals surface area contributed by atoms with Crippen LogP contribution in [0.3, 0.4) is 0 Å². The van der Waals surface area contributed by atoms with Gasteiger partial charge >= 0.3 is 0 Å². The number of amides is 1. The normalized spacial score (nSPS) is 15.8. The topological polar surface area (TPSA) is 62.5 Å². The van der Waals surface area contributed by atoms with Gasteiger partial charge in [-0.1, -0.05) is 16.8 Å². The summed E-state index contributed by atoms with van der Waals surface area (Å²) in [6.07, 6.45) is 0. The smallest absolute Gasteiger partial charge is 0.257 e. The molecule has 0 bridgehead atoms. The first kappa shape index (κ1) is 17.3. The first-order valence-electron chi connectivity index (χ1n) is 7.39. The van der Waals surface area contributed by atoms with Crippen molar-refractivity contribution in [1.29, 1.82) is 0 Å². The largest absolute Gasteiger partial charge is 0.340 e. The number of aromatic nitrogens is 2. The van der Waals surface area contributed by atoms with Gasteiger partial charge in [-0.2, -0.15) is 4.98 Å². The standard InChI is InChI=1S/C15H15BrClFN4O2/c1-9-19-13(20-24-9)8-21-2-4-22(5-3-21)15(23)11-6-10(17)7-12(16)14(11)18/h6-7H,2-5,8H2,1H3. The van der Waals surface area contributed by atoms with E-state index >= 15 is 0 Å². The van der Waals surface area contributed by atoms with Crippen LogP contribution >= 0.6 is 27.5 Å². The van der Waals surface area contributed by atoms with E-state index in [-0.39, 0.29) is 15.9 Å². The predicted octanol–water partition coefficient (Wildman–Crippen LogP) is 2.89. The molecule has 24 heavy (non-hydrogen) atoms. The third kappa shape index (κ3) is 3.76. The highest BCUT2D eigenvalue weighted by atomic mass is 79.9. The molecule has 1 fully saturated rings. The third-order valence-corrected chi connectivity index (χ3v) is 4.61. The second-order valence-electron chi connectivity index (χ2n) is 5.55. The average Bonchev–Trinajstić information content (AvgIpc) is 2.96. The summed E-state index contributed by atoms with van der Waals surface area (Å²) in [5, 5.41) is 4.18. The maximum atomic E-state index is 14.2. The number of hydrogen-bond acceptors (Lipinski definition) is 5. The highest BCUT2D eigenvalue weighted by molar-refractivity contribution is 9.10. The minimum atomic E-state index is -0.589. The Morgan fingerprint density at radius 2 is 2.08 bits per heavy atom. The lowest BCUT2D eigenvalue weighted by molar-refractivity contribution is 0.0619. The van der Waals surface area contributed by atoms with E-state index in [4.69, 9.17) is 16.1 Å². The molecule has 0 N–H and O–H groups in total. The molecule has 3 rings (SSSR count). The molecule has 128 valence electrons. The molecule has 9 heteroatoms. The summed E-state index contributed by atoms with van der Waals surface area (Å²) in [6.45, 7) is 4.62. The van der Waals surface area contributed by atoms with Crippen LogP contribution < -0.4 is 0 Å². The van der Waals surface area contributed by atoms with E-state index in [1.165, 1.54) is 12.1 Å². The molecule has 1 amide bonds. The van der Waals surface area contributed by atoms with E-state index < -0.39 is 5.82 Å². The summed E-state index contributed by atoms with van der Waals surface area (Å²) in [5.74, 6) is 0.206. The van der Waals surface area contributed by atoms with E-state index in [0.717, 1.165) is 0 Å². The Bertz CT molecular complexity index is 762. The zero-order valence-electron chi connectivity index (χ0n) is 12.9. The molecule has 1 aromatic carbocycles. The maximum Gasteiger partial charge on any atom is 0.257 e. The van der Waals surface area contributed by atoms with Crippen LogP contribution in [-0.2, 0) is 6.54 Å². The van der Waals surface area contributed by atoms with Crippen LogP contribution in [-0.4, -0.2) is 52.0 Å². The van der Waals surface area contributed by atoms with E-state index in [9.17, 15) is 9.18 Å². The van der Waals surface area contributed by atoms with Crippen molar-refractivity contribution in [2.75, 3.05) is 26.2 Å². The Morgan fingerprint density at radius 3 is 2.71 bits per heavy atom. The van der Waals surface area contributed by atoms with Gasteiger partial charge in [0.25, 0.3) is 5.91 Å². The first-order chi connectivity index (χ1) is 11.4. The van der Waals surface area contributed by atoms with Gasteiger partial charge < -0.3 is 9.42 Å². The molecule has 1 aliphatic heterocycles. The van der Waals surface area contributed by atoms with Gasteiger partial charge in [-0.15, -0.1) is 0 Å². The molecule has 0 unspecified atom stereocenters. The van der Waals surface area contributed by atoms with E-state index in [1.54, 1.807) is 11.8 Å². The monoisotopic (exact) mass is 416 g/mol. The minimum absolute atomic E-state index is 0.0170. The van der Waals surface area contributed by atoms with Crippen LogP contribution in [0.25, 0.3) is 0 Å². The zero-order chi connectivity index (χ0) is 17.3. The molecule has 1 aromatic heterocycles. The molecule has 1 aliphatic rings. The Hall–Kier alpha value is -1.51. The highest BCUT2D eigenvalue weighted by Crippen LogP contribution is 2.25. The third-order valence-electron chi connectivity index (χ3n) is 3.82. The maximum absolute atomic E-state index is 14.2. The second kappa shape index (κ2) is 7.16. The van der Waals surface area contributed by atoms with Gasteiger partial charge in [0.05, 0.1) is 16.6 Å². The van der Waals surface area contributed by atoms with Crippen molar-refractivity contribution < 1.29 is 13.7 Å². The van der Waals surface area contributed by atoms with Crippen LogP contribution in [0.5, 0.6) is 0 Å². The Kier molecular flexibility index (Phi) is 5.17. The van der Waals surface area contributed by atoms with Crippen LogP contribution in [0.15, 0.2) is 21.1 Å². The summed E-state index contributed by atoms with van der Waals surface area (Å²) >= 11 is 9.00. The number of piperazine rings is 1. The molecule has 0 spiro atoms. The number of carbonyl (C=O) groups is 1. The van der Waals surface area contributed by atoms with Crippen molar-refractivity contribution in [3.8, 4) is 0 Å². The van der Waals surface area contributed by atoms with E-state index in [2.05, 4.69) is 31.0 Å². The van der Waals surface area contributed by atoms with Crippen molar-refractivity contribution in [3.63, 3.8) is 0 Å². The van der Waals surface area contributed by atoms with Gasteiger partial charge in [0.1, 0.15) is 5.82 Å². The van der Waals surface area contributed by atoms with Crippen molar-refractivity contribution in [2.45, 2.75) is 13.5 Å². The predicted molar refractivity (Wildman–Crippen MR) is 89.3 cm³/mol. The van der Waals surface area contributed by atoms with Crippen molar-refractivity contribution >= 4 is 33.4 Å². The van der Waals surface area contributed by atoms with Crippen LogP contribution in [0, 0.1) is 12.7 Å². The summed E-state index contributed by atoms with van der Waals surface area (Å²) in [7, 11) is 0. The van der Waals surface area contributed by atoms with Gasteiger partial charge in [-0.05, 0) is 28.1 Å². The van der Waals surface area contributed by atoms with Gasteiger partial charge in [-0.25, -0.2) is 4.39 Å². The van der Waals surface area contributed by atoms with Crippen molar-refractivity contribution in [1.82, 2.24) is 19.9 Å². The number of rotatable bonds is 3. The number of hydrogen-bond donors (Lipinski definition) is 0. The van der Waals surface area contributed by atoms with Crippen LogP contribution in [0.1, 0.15) is 22.1 Å². The molecule has 0 aliphatic carbocycles. The second-order valence-corrected chi connectivity index (χ2v) is 6.84. The summed E-state index contributed by atoms with van der Waals surface area (Å²) in [4.78, 5) is 20.5. The summed E-state index contributed by atoms with van der Waals surface area (Å²) in [5.41, 5.74) is -0.0170. The number of carbonyl (C=O) groups excluding carboxylic acids is 1. The zero-order valence-corrected chi connectivity index (χ0v) is 15.3. The number of aryl methyl sites for hydroxylation is 1. The molecule has 6 nitrogen and oxygen atoms in total. The van der Waals surface area contributed by atoms with Gasteiger partial charge in [-0.3, -0.25) is 9.69 Å². The van der Waals surface area contributed by atoms with Crippen LogP contribution in [0.2, 0.25) is 5.02 Å². The fourth-order valence-corrected chi connectivity index (χ4v) is 3.41. The van der Waals surface area contributed by atoms with E-state index in [1.807, 2.05) is 0 Å². The highest BCUT2D eigenvalue weighted by Gasteiger charge is 2.26. The van der Waals surface area contributed by atoms with Crippen LogP contribution in [0.4, 0.5) is 4.39 Å². The molecular weight excluding hydrogens is 403 g/mol. The molecule has 0 atom stereocenters. The molecule has 2 heterocycles. The Balaban J connectivity index is 1.63. The Labute approximate surface area is 151 Å².